The van der Waals surface area contributed by atoms with Crippen LogP contribution in [0.4, 0.5) is 4.39 Å². The maximum Gasteiger partial charge on any atom is 0.255 e. The molecular formula is C24H28FN3O3. The van der Waals surface area contributed by atoms with Gasteiger partial charge in [0.25, 0.3) is 5.91 Å². The van der Waals surface area contributed by atoms with E-state index in [0.717, 1.165) is 16.5 Å². The summed E-state index contributed by atoms with van der Waals surface area (Å²) in [5.74, 6) is -0.539. The normalized spacial score (nSPS) is 12.0. The van der Waals surface area contributed by atoms with E-state index in [0.29, 0.717) is 30.9 Å². The number of hydrogen-bond acceptors (Lipinski definition) is 3. The molecule has 0 spiro atoms. The lowest BCUT2D eigenvalue weighted by Crippen LogP contribution is -2.50. The Bertz CT molecular complexity index is 1060. The summed E-state index contributed by atoms with van der Waals surface area (Å²) < 4.78 is 19.1. The first-order chi connectivity index (χ1) is 14.9. The molecule has 0 aliphatic heterocycles. The average molecular weight is 426 g/mol. The molecule has 0 aliphatic carbocycles. The predicted octanol–water partition coefficient (Wildman–Crippen LogP) is 3.82. The van der Waals surface area contributed by atoms with Crippen LogP contribution >= 0.6 is 0 Å². The van der Waals surface area contributed by atoms with Crippen LogP contribution in [0.25, 0.3) is 10.9 Å². The molecule has 0 fully saturated rings. The van der Waals surface area contributed by atoms with Crippen molar-refractivity contribution in [3.63, 3.8) is 0 Å². The van der Waals surface area contributed by atoms with E-state index < -0.39 is 6.04 Å². The Hall–Kier alpha value is -3.35. The molecule has 3 aromatic rings. The van der Waals surface area contributed by atoms with Crippen LogP contribution in [0.3, 0.4) is 0 Å². The van der Waals surface area contributed by atoms with E-state index in [4.69, 9.17) is 4.74 Å². The molecule has 3 N–H and O–H groups in total. The van der Waals surface area contributed by atoms with Gasteiger partial charge in [0.2, 0.25) is 5.91 Å². The van der Waals surface area contributed by atoms with Gasteiger partial charge in [-0.25, -0.2) is 4.39 Å². The molecule has 0 aliphatic rings. The van der Waals surface area contributed by atoms with Crippen molar-refractivity contribution in [1.29, 1.82) is 0 Å². The van der Waals surface area contributed by atoms with Crippen LogP contribution in [0.2, 0.25) is 0 Å². The molecule has 0 saturated carbocycles. The maximum absolute atomic E-state index is 13.5. The van der Waals surface area contributed by atoms with Gasteiger partial charge in [-0.15, -0.1) is 0 Å². The SMILES string of the molecule is CCOc1ccccc1C(=O)NC(C(=O)NCCc1c[nH]c2ccc(F)cc12)C(C)C. The highest BCUT2D eigenvalue weighted by Gasteiger charge is 2.25. The third-order valence-electron chi connectivity index (χ3n) is 5.09. The van der Waals surface area contributed by atoms with Gasteiger partial charge >= 0.3 is 0 Å². The maximum atomic E-state index is 13.5. The zero-order valence-corrected chi connectivity index (χ0v) is 18.0. The lowest BCUT2D eigenvalue weighted by atomic mass is 10.0. The molecule has 164 valence electrons. The predicted molar refractivity (Wildman–Crippen MR) is 119 cm³/mol. The van der Waals surface area contributed by atoms with Crippen LogP contribution in [0.1, 0.15) is 36.7 Å². The van der Waals surface area contributed by atoms with Gasteiger partial charge in [-0.1, -0.05) is 26.0 Å². The van der Waals surface area contributed by atoms with E-state index in [1.807, 2.05) is 27.0 Å². The van der Waals surface area contributed by atoms with Gasteiger partial charge in [0.05, 0.1) is 12.2 Å². The first-order valence-electron chi connectivity index (χ1n) is 10.5. The van der Waals surface area contributed by atoms with Gasteiger partial charge in [-0.2, -0.15) is 0 Å². The van der Waals surface area contributed by atoms with Crippen molar-refractivity contribution in [2.75, 3.05) is 13.2 Å². The van der Waals surface area contributed by atoms with E-state index in [-0.39, 0.29) is 23.5 Å². The smallest absolute Gasteiger partial charge is 0.255 e. The Kier molecular flexibility index (Phi) is 7.28. The summed E-state index contributed by atoms with van der Waals surface area (Å²) in [4.78, 5) is 28.7. The summed E-state index contributed by atoms with van der Waals surface area (Å²) in [6.45, 7) is 6.41. The van der Waals surface area contributed by atoms with Crippen LogP contribution in [0.5, 0.6) is 5.75 Å². The molecule has 1 atom stereocenters. The summed E-state index contributed by atoms with van der Waals surface area (Å²) in [6.07, 6.45) is 2.36. The fourth-order valence-corrected chi connectivity index (χ4v) is 3.48. The second kappa shape index (κ2) is 10.1. The summed E-state index contributed by atoms with van der Waals surface area (Å²) in [6, 6.07) is 10.8. The lowest BCUT2D eigenvalue weighted by molar-refractivity contribution is -0.123. The van der Waals surface area contributed by atoms with Gasteiger partial charge in [-0.3, -0.25) is 9.59 Å². The van der Waals surface area contributed by atoms with Crippen molar-refractivity contribution in [1.82, 2.24) is 15.6 Å². The van der Waals surface area contributed by atoms with Crippen molar-refractivity contribution in [2.24, 2.45) is 5.92 Å². The van der Waals surface area contributed by atoms with Crippen LogP contribution in [0.15, 0.2) is 48.7 Å². The molecule has 2 aromatic carbocycles. The molecule has 2 amide bonds. The third-order valence-corrected chi connectivity index (χ3v) is 5.09. The molecule has 6 nitrogen and oxygen atoms in total. The Labute approximate surface area is 181 Å². The molecule has 0 radical (unpaired) electrons. The van der Waals surface area contributed by atoms with E-state index in [1.165, 1.54) is 12.1 Å². The molecule has 0 saturated heterocycles. The number of nitrogens with one attached hydrogen (secondary N) is 3. The van der Waals surface area contributed by atoms with Crippen LogP contribution in [-0.4, -0.2) is 36.0 Å². The van der Waals surface area contributed by atoms with E-state index >= 15 is 0 Å². The minimum absolute atomic E-state index is 0.106. The number of para-hydroxylation sites is 1. The quantitative estimate of drug-likeness (QED) is 0.487. The first kappa shape index (κ1) is 22.3. The third kappa shape index (κ3) is 5.42. The lowest BCUT2D eigenvalue weighted by Gasteiger charge is -2.22. The number of aromatic nitrogens is 1. The second-order valence-electron chi connectivity index (χ2n) is 7.67. The highest BCUT2D eigenvalue weighted by atomic mass is 19.1. The summed E-state index contributed by atoms with van der Waals surface area (Å²) in [7, 11) is 0. The van der Waals surface area contributed by atoms with E-state index in [1.54, 1.807) is 30.3 Å². The Morgan fingerprint density at radius 3 is 2.68 bits per heavy atom. The highest BCUT2D eigenvalue weighted by molar-refractivity contribution is 5.99. The van der Waals surface area contributed by atoms with Crippen molar-refractivity contribution >= 4 is 22.7 Å². The largest absolute Gasteiger partial charge is 0.493 e. The Morgan fingerprint density at radius 2 is 1.94 bits per heavy atom. The zero-order chi connectivity index (χ0) is 22.4. The number of hydrogen-bond donors (Lipinski definition) is 3. The number of ether oxygens (including phenoxy) is 1. The molecule has 1 heterocycles. The second-order valence-corrected chi connectivity index (χ2v) is 7.67. The van der Waals surface area contributed by atoms with Gasteiger partial charge in [0.15, 0.2) is 0 Å². The van der Waals surface area contributed by atoms with Crippen molar-refractivity contribution < 1.29 is 18.7 Å². The van der Waals surface area contributed by atoms with Crippen molar-refractivity contribution in [2.45, 2.75) is 33.2 Å². The molecule has 31 heavy (non-hydrogen) atoms. The van der Waals surface area contributed by atoms with E-state index in [2.05, 4.69) is 15.6 Å². The van der Waals surface area contributed by atoms with Gasteiger partial charge < -0.3 is 20.4 Å². The Morgan fingerprint density at radius 1 is 1.16 bits per heavy atom. The van der Waals surface area contributed by atoms with Crippen LogP contribution in [-0.2, 0) is 11.2 Å². The number of carbonyl (C=O) groups excluding carboxylic acids is 2. The van der Waals surface area contributed by atoms with Crippen molar-refractivity contribution in [3.05, 3.63) is 65.6 Å². The number of carbonyl (C=O) groups is 2. The molecule has 7 heteroatoms. The number of amides is 2. The fraction of sp³-hybridized carbons (Fsp3) is 0.333. The van der Waals surface area contributed by atoms with Gasteiger partial charge in [0.1, 0.15) is 17.6 Å². The molecular weight excluding hydrogens is 397 g/mol. The number of rotatable bonds is 9. The number of halogens is 1. The number of fused-ring (bicyclic) bond motifs is 1. The monoisotopic (exact) mass is 425 g/mol. The number of H-pyrrole nitrogens is 1. The average Bonchev–Trinajstić information content (AvgIpc) is 3.14. The number of benzene rings is 2. The van der Waals surface area contributed by atoms with Crippen LogP contribution < -0.4 is 15.4 Å². The van der Waals surface area contributed by atoms with Crippen molar-refractivity contribution in [3.8, 4) is 5.75 Å². The molecule has 0 bridgehead atoms. The standard InChI is InChI=1S/C24H28FN3O3/c1-4-31-21-8-6-5-7-18(21)23(29)28-22(15(2)3)24(30)26-12-11-16-14-27-20-10-9-17(25)13-19(16)20/h5-10,13-15,22,27H,4,11-12H2,1-3H3,(H,26,30)(H,28,29). The highest BCUT2D eigenvalue weighted by Crippen LogP contribution is 2.20. The fourth-order valence-electron chi connectivity index (χ4n) is 3.48. The minimum atomic E-state index is -0.692. The van der Waals surface area contributed by atoms with Gasteiger partial charge in [-0.05, 0) is 55.2 Å². The molecule has 3 rings (SSSR count). The molecule has 1 unspecified atom stereocenters. The van der Waals surface area contributed by atoms with Gasteiger partial charge in [0, 0.05) is 23.6 Å². The first-order valence-corrected chi connectivity index (χ1v) is 10.5. The molecule has 1 aromatic heterocycles. The minimum Gasteiger partial charge on any atom is -0.493 e. The Balaban J connectivity index is 1.62. The van der Waals surface area contributed by atoms with E-state index in [9.17, 15) is 14.0 Å². The summed E-state index contributed by atoms with van der Waals surface area (Å²) in [5.41, 5.74) is 2.16. The topological polar surface area (TPSA) is 83.2 Å². The van der Waals surface area contributed by atoms with Crippen LogP contribution in [0, 0.1) is 11.7 Å². The zero-order valence-electron chi connectivity index (χ0n) is 18.0. The summed E-state index contributed by atoms with van der Waals surface area (Å²) >= 11 is 0. The summed E-state index contributed by atoms with van der Waals surface area (Å²) in [5, 5.41) is 6.51. The number of aromatic amines is 1.